The van der Waals surface area contributed by atoms with Crippen molar-refractivity contribution in [2.24, 2.45) is 5.73 Å². The molecule has 5 nitrogen and oxygen atoms in total. The number of carbonyl (C=O) groups excluding carboxylic acids is 1. The fourth-order valence-electron chi connectivity index (χ4n) is 1.90. The highest BCUT2D eigenvalue weighted by atomic mass is 35.5. The lowest BCUT2D eigenvalue weighted by molar-refractivity contribution is -0.116. The van der Waals surface area contributed by atoms with Crippen LogP contribution in [0.1, 0.15) is 25.3 Å². The third kappa shape index (κ3) is 4.82. The maximum Gasteiger partial charge on any atom is 0.224 e. The molecule has 2 aromatic rings. The molecule has 1 atom stereocenters. The molecule has 1 heterocycles. The number of rotatable bonds is 5. The lowest BCUT2D eigenvalue weighted by atomic mass is 10.2. The summed E-state index contributed by atoms with van der Waals surface area (Å²) in [5, 5.41) is 6.72. The first kappa shape index (κ1) is 18.1. The van der Waals surface area contributed by atoms with Gasteiger partial charge in [0.1, 0.15) is 5.69 Å². The number of nitrogens with one attached hydrogen (secondary N) is 1. The predicted octanol–water partition coefficient (Wildman–Crippen LogP) is 2.81. The van der Waals surface area contributed by atoms with Gasteiger partial charge >= 0.3 is 0 Å². The van der Waals surface area contributed by atoms with E-state index in [-0.39, 0.29) is 24.4 Å². The molecule has 7 heteroatoms. The lowest BCUT2D eigenvalue weighted by Crippen LogP contribution is -2.19. The molecule has 0 radical (unpaired) electrons. The van der Waals surface area contributed by atoms with E-state index in [1.165, 1.54) is 10.7 Å². The van der Waals surface area contributed by atoms with Gasteiger partial charge in [0.15, 0.2) is 5.82 Å². The van der Waals surface area contributed by atoms with E-state index < -0.39 is 5.82 Å². The van der Waals surface area contributed by atoms with Crippen molar-refractivity contribution in [3.63, 3.8) is 0 Å². The van der Waals surface area contributed by atoms with E-state index in [9.17, 15) is 9.18 Å². The van der Waals surface area contributed by atoms with Gasteiger partial charge in [-0.1, -0.05) is 0 Å². The number of aryl methyl sites for hydroxylation is 1. The Morgan fingerprint density at radius 1 is 1.50 bits per heavy atom. The van der Waals surface area contributed by atoms with Crippen molar-refractivity contribution in [3.05, 3.63) is 42.0 Å². The van der Waals surface area contributed by atoms with Gasteiger partial charge < -0.3 is 11.1 Å². The first-order valence-corrected chi connectivity index (χ1v) is 6.82. The zero-order chi connectivity index (χ0) is 15.4. The smallest absolute Gasteiger partial charge is 0.224 e. The third-order valence-electron chi connectivity index (χ3n) is 3.02. The average Bonchev–Trinajstić information content (AvgIpc) is 2.83. The highest BCUT2D eigenvalue weighted by Gasteiger charge is 2.09. The molecule has 0 aliphatic rings. The molecule has 3 N–H and O–H groups in total. The third-order valence-corrected chi connectivity index (χ3v) is 3.02. The van der Waals surface area contributed by atoms with Crippen molar-refractivity contribution in [2.45, 2.75) is 32.7 Å². The zero-order valence-corrected chi connectivity index (χ0v) is 13.4. The second kappa shape index (κ2) is 7.91. The average molecular weight is 327 g/mol. The second-order valence-electron chi connectivity index (χ2n) is 5.19. The van der Waals surface area contributed by atoms with Gasteiger partial charge in [-0.05, 0) is 44.0 Å². The van der Waals surface area contributed by atoms with E-state index >= 15 is 0 Å². The number of anilines is 1. The zero-order valence-electron chi connectivity index (χ0n) is 12.5. The first-order chi connectivity index (χ1) is 9.95. The quantitative estimate of drug-likeness (QED) is 0.887. The molecular formula is C15H20ClFN4O. The number of hydrogen-bond donors (Lipinski definition) is 2. The molecule has 22 heavy (non-hydrogen) atoms. The van der Waals surface area contributed by atoms with Crippen LogP contribution >= 0.6 is 12.4 Å². The van der Waals surface area contributed by atoms with Crippen molar-refractivity contribution in [3.8, 4) is 5.69 Å². The number of hydrogen-bond acceptors (Lipinski definition) is 3. The van der Waals surface area contributed by atoms with Gasteiger partial charge in [0.05, 0.1) is 6.20 Å². The van der Waals surface area contributed by atoms with Gasteiger partial charge in [-0.15, -0.1) is 12.4 Å². The summed E-state index contributed by atoms with van der Waals surface area (Å²) in [6.07, 6.45) is 4.31. The van der Waals surface area contributed by atoms with Crippen LogP contribution in [-0.2, 0) is 4.79 Å². The number of benzene rings is 1. The largest absolute Gasteiger partial charge is 0.328 e. The molecule has 0 aliphatic carbocycles. The van der Waals surface area contributed by atoms with E-state index in [1.807, 2.05) is 13.8 Å². The molecular weight excluding hydrogens is 307 g/mol. The van der Waals surface area contributed by atoms with Crippen LogP contribution in [0.5, 0.6) is 0 Å². The molecule has 1 aromatic carbocycles. The number of aromatic nitrogens is 2. The van der Waals surface area contributed by atoms with Crippen LogP contribution in [0, 0.1) is 12.7 Å². The SMILES string of the molecule is Cc1cnn(-c2ccc(NC(=O)CCC(C)N)cc2F)c1.Cl. The number of nitrogens with zero attached hydrogens (tertiary/aromatic N) is 2. The Balaban J connectivity index is 0.00000242. The molecule has 0 saturated heterocycles. The predicted molar refractivity (Wildman–Crippen MR) is 87.0 cm³/mol. The monoisotopic (exact) mass is 326 g/mol. The van der Waals surface area contributed by atoms with Crippen LogP contribution in [0.4, 0.5) is 10.1 Å². The van der Waals surface area contributed by atoms with Gasteiger partial charge in [-0.25, -0.2) is 9.07 Å². The minimum Gasteiger partial charge on any atom is -0.328 e. The molecule has 1 amide bonds. The summed E-state index contributed by atoms with van der Waals surface area (Å²) in [6.45, 7) is 3.72. The Bertz CT molecular complexity index is 642. The second-order valence-corrected chi connectivity index (χ2v) is 5.19. The summed E-state index contributed by atoms with van der Waals surface area (Å²) in [5.74, 6) is -0.613. The Morgan fingerprint density at radius 2 is 2.23 bits per heavy atom. The van der Waals surface area contributed by atoms with E-state index in [0.29, 0.717) is 24.2 Å². The summed E-state index contributed by atoms with van der Waals surface area (Å²) in [5.41, 5.74) is 7.31. The molecule has 120 valence electrons. The fourth-order valence-corrected chi connectivity index (χ4v) is 1.90. The minimum atomic E-state index is -0.442. The Kier molecular flexibility index (Phi) is 6.52. The molecule has 0 bridgehead atoms. The van der Waals surface area contributed by atoms with Crippen LogP contribution in [0.3, 0.4) is 0 Å². The molecule has 0 saturated carbocycles. The topological polar surface area (TPSA) is 72.9 Å². The van der Waals surface area contributed by atoms with Crippen LogP contribution in [0.2, 0.25) is 0 Å². The summed E-state index contributed by atoms with van der Waals surface area (Å²) < 4.78 is 15.5. The van der Waals surface area contributed by atoms with Gasteiger partial charge in [0.25, 0.3) is 0 Å². The number of amides is 1. The molecule has 1 aromatic heterocycles. The Hall–Kier alpha value is -1.92. The minimum absolute atomic E-state index is 0. The Morgan fingerprint density at radius 3 is 2.77 bits per heavy atom. The van der Waals surface area contributed by atoms with Gasteiger partial charge in [-0.3, -0.25) is 4.79 Å². The first-order valence-electron chi connectivity index (χ1n) is 6.82. The van der Waals surface area contributed by atoms with Gasteiger partial charge in [0, 0.05) is 24.3 Å². The molecule has 1 unspecified atom stereocenters. The standard InChI is InChI=1S/C15H19FN4O.ClH/c1-10-8-18-20(9-10)14-5-4-12(7-13(14)16)19-15(21)6-3-11(2)17;/h4-5,7-9,11H,3,6,17H2,1-2H3,(H,19,21);1H. The lowest BCUT2D eigenvalue weighted by Gasteiger charge is -2.09. The van der Waals surface area contributed by atoms with Gasteiger partial charge in [-0.2, -0.15) is 5.10 Å². The number of halogens is 2. The highest BCUT2D eigenvalue weighted by molar-refractivity contribution is 5.90. The highest BCUT2D eigenvalue weighted by Crippen LogP contribution is 2.18. The van der Waals surface area contributed by atoms with Crippen LogP contribution < -0.4 is 11.1 Å². The van der Waals surface area contributed by atoms with E-state index in [0.717, 1.165) is 5.56 Å². The summed E-state index contributed by atoms with van der Waals surface area (Å²) in [4.78, 5) is 11.7. The molecule has 2 rings (SSSR count). The fraction of sp³-hybridized carbons (Fsp3) is 0.333. The van der Waals surface area contributed by atoms with Crippen LogP contribution in [0.25, 0.3) is 5.69 Å². The number of nitrogens with two attached hydrogens (primary N) is 1. The summed E-state index contributed by atoms with van der Waals surface area (Å²) in [6, 6.07) is 4.50. The Labute approximate surface area is 135 Å². The maximum absolute atomic E-state index is 14.1. The number of carbonyl (C=O) groups is 1. The maximum atomic E-state index is 14.1. The van der Waals surface area contributed by atoms with Crippen LogP contribution in [-0.4, -0.2) is 21.7 Å². The molecule has 0 fully saturated rings. The van der Waals surface area contributed by atoms with Crippen molar-refractivity contribution in [1.82, 2.24) is 9.78 Å². The van der Waals surface area contributed by atoms with Crippen molar-refractivity contribution in [2.75, 3.05) is 5.32 Å². The van der Waals surface area contributed by atoms with E-state index in [2.05, 4.69) is 10.4 Å². The summed E-state index contributed by atoms with van der Waals surface area (Å²) in [7, 11) is 0. The molecule has 0 spiro atoms. The van der Waals surface area contributed by atoms with E-state index in [1.54, 1.807) is 24.5 Å². The van der Waals surface area contributed by atoms with Crippen LogP contribution in [0.15, 0.2) is 30.6 Å². The van der Waals surface area contributed by atoms with Crippen molar-refractivity contribution >= 4 is 24.0 Å². The van der Waals surface area contributed by atoms with Gasteiger partial charge in [0.2, 0.25) is 5.91 Å². The summed E-state index contributed by atoms with van der Waals surface area (Å²) >= 11 is 0. The van der Waals surface area contributed by atoms with Crippen molar-refractivity contribution < 1.29 is 9.18 Å². The van der Waals surface area contributed by atoms with E-state index in [4.69, 9.17) is 5.73 Å². The normalized spacial score (nSPS) is 11.6. The molecule has 0 aliphatic heterocycles. The van der Waals surface area contributed by atoms with Crippen molar-refractivity contribution in [1.29, 1.82) is 0 Å².